The summed E-state index contributed by atoms with van der Waals surface area (Å²) in [7, 11) is -7.67. The van der Waals surface area contributed by atoms with Crippen LogP contribution in [0.15, 0.2) is 53.4 Å². The highest BCUT2D eigenvalue weighted by molar-refractivity contribution is 7.91. The summed E-state index contributed by atoms with van der Waals surface area (Å²) in [5.74, 6) is -1.71. The van der Waals surface area contributed by atoms with Gasteiger partial charge < -0.3 is 25.2 Å². The molecule has 3 atom stereocenters. The second-order valence-electron chi connectivity index (χ2n) is 12.4. The van der Waals surface area contributed by atoms with E-state index in [1.807, 2.05) is 35.2 Å². The highest BCUT2D eigenvalue weighted by Gasteiger charge is 2.38. The number of fused-ring (bicyclic) bond motifs is 1. The molecule has 254 valence electrons. The predicted molar refractivity (Wildman–Crippen MR) is 172 cm³/mol. The van der Waals surface area contributed by atoms with E-state index in [2.05, 4.69) is 16.0 Å². The number of carbonyl (C=O) groups excluding carboxylic acids is 2. The standard InChI is InChI=1S/C31H44N4O9S2/c1-4-31(17-23-10-6-5-7-11-23,34-29(37)25(19-45(3,39)40)33-28(36)18-35-14-8-9-15-35)32-20-30(2,38)21-46(41,42)24-12-13-26-27(16-24)44-22-43-26/h5-7,10-13,16,25,32,38H,4,8-9,14-15,17-22H2,1-3H3,(H,33,36)(H,34,37)/t25-,30-,31+/m1/s1. The molecule has 0 bridgehead atoms. The number of sulfone groups is 2. The summed E-state index contributed by atoms with van der Waals surface area (Å²) in [4.78, 5) is 28.5. The van der Waals surface area contributed by atoms with Crippen molar-refractivity contribution in [1.82, 2.24) is 20.9 Å². The van der Waals surface area contributed by atoms with Crippen LogP contribution in [0.2, 0.25) is 0 Å². The lowest BCUT2D eigenvalue weighted by molar-refractivity contribution is -0.130. The van der Waals surface area contributed by atoms with Crippen LogP contribution < -0.4 is 25.4 Å². The third-order valence-corrected chi connectivity index (χ3v) is 10.9. The van der Waals surface area contributed by atoms with Crippen molar-refractivity contribution in [1.29, 1.82) is 0 Å². The molecule has 2 aromatic carbocycles. The Kier molecular flexibility index (Phi) is 11.4. The van der Waals surface area contributed by atoms with Crippen LogP contribution in [0.3, 0.4) is 0 Å². The van der Waals surface area contributed by atoms with Crippen LogP contribution in [-0.2, 0) is 35.7 Å². The van der Waals surface area contributed by atoms with E-state index in [4.69, 9.17) is 9.47 Å². The van der Waals surface area contributed by atoms with Gasteiger partial charge in [0.25, 0.3) is 0 Å². The summed E-state index contributed by atoms with van der Waals surface area (Å²) in [6.07, 6.45) is 3.41. The molecular formula is C31H44N4O9S2. The van der Waals surface area contributed by atoms with Gasteiger partial charge in [-0.05, 0) is 57.0 Å². The van der Waals surface area contributed by atoms with Crippen molar-refractivity contribution in [2.45, 2.75) is 61.7 Å². The van der Waals surface area contributed by atoms with Gasteiger partial charge in [-0.3, -0.25) is 19.8 Å². The molecule has 0 aromatic heterocycles. The van der Waals surface area contributed by atoms with Gasteiger partial charge >= 0.3 is 0 Å². The first-order chi connectivity index (χ1) is 21.6. The number of nitrogens with zero attached hydrogens (tertiary/aromatic N) is 1. The second-order valence-corrected chi connectivity index (χ2v) is 16.6. The van der Waals surface area contributed by atoms with Crippen molar-refractivity contribution in [3.63, 3.8) is 0 Å². The molecule has 0 aliphatic carbocycles. The van der Waals surface area contributed by atoms with Crippen molar-refractivity contribution >= 4 is 31.5 Å². The first-order valence-corrected chi connectivity index (χ1v) is 19.0. The Morgan fingerprint density at radius 3 is 2.35 bits per heavy atom. The number of ether oxygens (including phenoxy) is 2. The van der Waals surface area contributed by atoms with Crippen molar-refractivity contribution in [3.05, 3.63) is 54.1 Å². The molecule has 1 saturated heterocycles. The molecule has 0 spiro atoms. The zero-order chi connectivity index (χ0) is 33.6. The number of carbonyl (C=O) groups is 2. The fraction of sp³-hybridized carbons (Fsp3) is 0.548. The van der Waals surface area contributed by atoms with Crippen LogP contribution in [0.5, 0.6) is 11.5 Å². The minimum atomic E-state index is -3.98. The second kappa shape index (κ2) is 14.7. The van der Waals surface area contributed by atoms with E-state index >= 15 is 0 Å². The van der Waals surface area contributed by atoms with Crippen LogP contribution in [0.1, 0.15) is 38.7 Å². The van der Waals surface area contributed by atoms with Crippen LogP contribution in [0.4, 0.5) is 0 Å². The van der Waals surface area contributed by atoms with E-state index in [0.29, 0.717) is 11.5 Å². The summed E-state index contributed by atoms with van der Waals surface area (Å²) < 4.78 is 61.8. The Labute approximate surface area is 270 Å². The van der Waals surface area contributed by atoms with Gasteiger partial charge in [-0.15, -0.1) is 0 Å². The predicted octanol–water partition coefficient (Wildman–Crippen LogP) is 0.620. The molecule has 4 N–H and O–H groups in total. The summed E-state index contributed by atoms with van der Waals surface area (Å²) in [5.41, 5.74) is -2.23. The Bertz CT molecular complexity index is 1590. The normalized spacial score (nSPS) is 18.3. The lowest BCUT2D eigenvalue weighted by Gasteiger charge is -2.39. The number of rotatable bonds is 16. The fourth-order valence-corrected chi connectivity index (χ4v) is 8.09. The van der Waals surface area contributed by atoms with E-state index in [0.717, 1.165) is 37.8 Å². The minimum absolute atomic E-state index is 0.0140. The molecule has 0 unspecified atom stereocenters. The van der Waals surface area contributed by atoms with E-state index in [1.165, 1.54) is 25.1 Å². The molecule has 46 heavy (non-hydrogen) atoms. The quantitative estimate of drug-likeness (QED) is 0.183. The van der Waals surface area contributed by atoms with Crippen LogP contribution in [0.25, 0.3) is 0 Å². The molecule has 4 rings (SSSR count). The highest BCUT2D eigenvalue weighted by atomic mass is 32.2. The number of nitrogens with one attached hydrogen (secondary N) is 3. The fourth-order valence-electron chi connectivity index (χ4n) is 5.60. The number of hydrogen-bond donors (Lipinski definition) is 4. The lowest BCUT2D eigenvalue weighted by Crippen LogP contribution is -2.66. The van der Waals surface area contributed by atoms with Crippen molar-refractivity contribution in [2.75, 3.05) is 50.7 Å². The largest absolute Gasteiger partial charge is 0.454 e. The van der Waals surface area contributed by atoms with Crippen LogP contribution >= 0.6 is 0 Å². The number of aliphatic hydroxyl groups is 1. The molecule has 2 aromatic rings. The zero-order valence-corrected chi connectivity index (χ0v) is 28.1. The zero-order valence-electron chi connectivity index (χ0n) is 26.5. The molecule has 0 radical (unpaired) electrons. The van der Waals surface area contributed by atoms with Crippen LogP contribution in [-0.4, -0.2) is 107 Å². The molecule has 2 heterocycles. The maximum absolute atomic E-state index is 13.8. The smallest absolute Gasteiger partial charge is 0.245 e. The van der Waals surface area contributed by atoms with E-state index in [9.17, 15) is 31.5 Å². The SMILES string of the molecule is CC[C@](Cc1ccccc1)(NC[C@@](C)(O)CS(=O)(=O)c1ccc2c(c1)OCO2)NC(=O)[C@@H](CS(C)(=O)=O)NC(=O)CN1CCCC1. The Hall–Kier alpha value is -3.24. The van der Waals surface area contributed by atoms with Crippen molar-refractivity contribution < 1.29 is 41.0 Å². The lowest BCUT2D eigenvalue weighted by atomic mass is 9.95. The van der Waals surface area contributed by atoms with Gasteiger partial charge in [0.2, 0.25) is 18.6 Å². The Morgan fingerprint density at radius 2 is 1.70 bits per heavy atom. The van der Waals surface area contributed by atoms with Gasteiger partial charge in [0, 0.05) is 25.3 Å². The molecule has 0 saturated carbocycles. The van der Waals surface area contributed by atoms with Crippen molar-refractivity contribution in [3.8, 4) is 11.5 Å². The molecule has 2 amide bonds. The summed E-state index contributed by atoms with van der Waals surface area (Å²) >= 11 is 0. The third kappa shape index (κ3) is 10.1. The monoisotopic (exact) mass is 680 g/mol. The van der Waals surface area contributed by atoms with Gasteiger partial charge in [0.05, 0.1) is 34.2 Å². The number of benzene rings is 2. The molecule has 13 nitrogen and oxygen atoms in total. The first kappa shape index (κ1) is 35.6. The van der Waals surface area contributed by atoms with Gasteiger partial charge in [-0.1, -0.05) is 37.3 Å². The number of hydrogen-bond acceptors (Lipinski definition) is 11. The van der Waals surface area contributed by atoms with Gasteiger partial charge in [-0.2, -0.15) is 0 Å². The number of likely N-dealkylation sites (tertiary alicyclic amines) is 1. The third-order valence-electron chi connectivity index (χ3n) is 8.01. The molecule has 2 aliphatic rings. The number of amides is 2. The van der Waals surface area contributed by atoms with E-state index in [-0.39, 0.29) is 37.6 Å². The molecular weight excluding hydrogens is 636 g/mol. The average Bonchev–Trinajstić information content (AvgIpc) is 3.67. The summed E-state index contributed by atoms with van der Waals surface area (Å²) in [5, 5.41) is 20.0. The van der Waals surface area contributed by atoms with Gasteiger partial charge in [0.15, 0.2) is 21.3 Å². The first-order valence-electron chi connectivity index (χ1n) is 15.2. The summed E-state index contributed by atoms with van der Waals surface area (Å²) in [6, 6.07) is 12.1. The maximum atomic E-state index is 13.8. The summed E-state index contributed by atoms with van der Waals surface area (Å²) in [6.45, 7) is 4.46. The van der Waals surface area contributed by atoms with E-state index < -0.39 is 60.3 Å². The molecule has 15 heteroatoms. The Morgan fingerprint density at radius 1 is 1.02 bits per heavy atom. The Balaban J connectivity index is 1.53. The van der Waals surface area contributed by atoms with E-state index in [1.54, 1.807) is 6.92 Å². The maximum Gasteiger partial charge on any atom is 0.245 e. The van der Waals surface area contributed by atoms with Crippen molar-refractivity contribution in [2.24, 2.45) is 0 Å². The van der Waals surface area contributed by atoms with Gasteiger partial charge in [0.1, 0.15) is 15.9 Å². The molecule has 1 fully saturated rings. The highest BCUT2D eigenvalue weighted by Crippen LogP contribution is 2.34. The minimum Gasteiger partial charge on any atom is -0.454 e. The molecule has 2 aliphatic heterocycles. The van der Waals surface area contributed by atoms with Gasteiger partial charge in [-0.25, -0.2) is 16.8 Å². The van der Waals surface area contributed by atoms with Crippen LogP contribution in [0, 0.1) is 0 Å². The average molecular weight is 681 g/mol. The topological polar surface area (TPSA) is 180 Å².